The largest absolute Gasteiger partial charge is 0.387 e. The van der Waals surface area contributed by atoms with Gasteiger partial charge in [-0.1, -0.05) is 6.42 Å². The number of hydrogen-bond donors (Lipinski definition) is 3. The lowest BCUT2D eigenvalue weighted by atomic mass is 10.1. The number of ether oxygens (including phenoxy) is 1. The molecule has 0 aromatic carbocycles. The molecule has 1 aromatic heterocycles. The molecule has 3 aliphatic heterocycles. The van der Waals surface area contributed by atoms with E-state index >= 15 is 0 Å². The molecule has 2 saturated heterocycles. The molecular weight excluding hydrogens is 374 g/mol. The highest BCUT2D eigenvalue weighted by Crippen LogP contribution is 2.39. The number of hydrazine groups is 1. The first-order valence-corrected chi connectivity index (χ1v) is 9.40. The summed E-state index contributed by atoms with van der Waals surface area (Å²) < 4.78 is 7.18. The minimum Gasteiger partial charge on any atom is -0.387 e. The van der Waals surface area contributed by atoms with E-state index in [1.165, 1.54) is 17.3 Å². The summed E-state index contributed by atoms with van der Waals surface area (Å²) in [4.78, 5) is 8.80. The van der Waals surface area contributed by atoms with E-state index in [0.717, 1.165) is 25.9 Å². The van der Waals surface area contributed by atoms with E-state index in [-0.39, 0.29) is 11.7 Å². The number of fused-ring (bicyclic) bond motifs is 1. The summed E-state index contributed by atoms with van der Waals surface area (Å²) in [5, 5.41) is 33.4. The highest BCUT2D eigenvalue weighted by molar-refractivity contribution is 6.64. The second kappa shape index (κ2) is 7.35. The van der Waals surface area contributed by atoms with Crippen molar-refractivity contribution in [3.05, 3.63) is 12.0 Å². The van der Waals surface area contributed by atoms with Crippen LogP contribution in [0, 0.1) is 11.3 Å². The van der Waals surface area contributed by atoms with Gasteiger partial charge in [-0.15, -0.1) is 0 Å². The first-order valence-electron chi connectivity index (χ1n) is 9.02. The van der Waals surface area contributed by atoms with Crippen molar-refractivity contribution in [1.29, 1.82) is 5.26 Å². The zero-order chi connectivity index (χ0) is 19.1. The molecule has 4 heterocycles. The average molecular weight is 396 g/mol. The van der Waals surface area contributed by atoms with Crippen molar-refractivity contribution in [3.63, 3.8) is 0 Å². The first-order chi connectivity index (χ1) is 13.0. The quantitative estimate of drug-likeness (QED) is 0.622. The molecule has 0 saturated carbocycles. The third kappa shape index (κ3) is 3.10. The lowest BCUT2D eigenvalue weighted by Crippen LogP contribution is -2.52. The Kier molecular flexibility index (Phi) is 5.07. The van der Waals surface area contributed by atoms with Crippen LogP contribution < -0.4 is 5.73 Å². The van der Waals surface area contributed by atoms with E-state index in [1.54, 1.807) is 5.01 Å². The van der Waals surface area contributed by atoms with Crippen molar-refractivity contribution in [3.8, 4) is 6.07 Å². The lowest BCUT2D eigenvalue weighted by molar-refractivity contribution is -0.0352. The molecule has 0 bridgehead atoms. The van der Waals surface area contributed by atoms with Gasteiger partial charge in [-0.2, -0.15) is 10.3 Å². The Morgan fingerprint density at radius 1 is 1.30 bits per heavy atom. The molecule has 4 N–H and O–H groups in total. The van der Waals surface area contributed by atoms with E-state index in [2.05, 4.69) is 15.0 Å². The van der Waals surface area contributed by atoms with E-state index in [9.17, 15) is 10.2 Å². The fourth-order valence-corrected chi connectivity index (χ4v) is 4.14. The second-order valence-electron chi connectivity index (χ2n) is 6.95. The summed E-state index contributed by atoms with van der Waals surface area (Å²) in [6, 6.07) is 1.94. The number of halogens is 1. The number of imidazole rings is 1. The Labute approximate surface area is 161 Å². The molecule has 3 aliphatic rings. The van der Waals surface area contributed by atoms with Crippen LogP contribution in [0.3, 0.4) is 0 Å². The molecule has 4 rings (SSSR count). The Morgan fingerprint density at radius 2 is 2.04 bits per heavy atom. The van der Waals surface area contributed by atoms with Gasteiger partial charge in [0.15, 0.2) is 12.0 Å². The third-order valence-electron chi connectivity index (χ3n) is 5.27. The normalized spacial score (nSPS) is 34.3. The summed E-state index contributed by atoms with van der Waals surface area (Å²) in [5.41, 5.74) is 6.92. The van der Waals surface area contributed by atoms with Crippen LogP contribution in [0.5, 0.6) is 0 Å². The molecule has 0 aliphatic carbocycles. The van der Waals surface area contributed by atoms with Gasteiger partial charge in [0.05, 0.1) is 18.8 Å². The van der Waals surface area contributed by atoms with Gasteiger partial charge in [-0.05, 0) is 24.4 Å². The number of nitrogens with two attached hydrogens (primary N) is 1. The van der Waals surface area contributed by atoms with Gasteiger partial charge in [0.1, 0.15) is 30.2 Å². The maximum atomic E-state index is 10.4. The van der Waals surface area contributed by atoms with Gasteiger partial charge in [0.2, 0.25) is 5.29 Å². The van der Waals surface area contributed by atoms with Crippen molar-refractivity contribution >= 4 is 22.7 Å². The molecule has 146 valence electrons. The summed E-state index contributed by atoms with van der Waals surface area (Å²) in [7, 11) is 0. The van der Waals surface area contributed by atoms with Crippen LogP contribution in [0.2, 0.25) is 0 Å². The molecule has 27 heavy (non-hydrogen) atoms. The number of amidine groups is 1. The van der Waals surface area contributed by atoms with Gasteiger partial charge in [-0.3, -0.25) is 9.58 Å². The van der Waals surface area contributed by atoms with Crippen LogP contribution >= 0.6 is 11.6 Å². The molecular formula is C16H22ClN7O3. The number of aliphatic imine (C=N–C) groups is 1. The molecule has 1 aromatic rings. The zero-order valence-electron chi connectivity index (χ0n) is 14.6. The standard InChI is InChI=1S/C16H22ClN7O3/c17-16-21-14-10(13(19)24(16)22-6-2-1-3-7-22)20-8-23(14)15-12(26)11(25)9(27-15)4-5-18/h8-9,11-13,15,25-26H,1-4,6-7,19H2/t9-,11?,12?,13?,15-/m1/s1. The second-order valence-corrected chi connectivity index (χ2v) is 7.29. The van der Waals surface area contributed by atoms with E-state index in [4.69, 9.17) is 27.3 Å². The molecule has 0 amide bonds. The number of aliphatic hydroxyl groups is 2. The van der Waals surface area contributed by atoms with E-state index < -0.39 is 30.7 Å². The van der Waals surface area contributed by atoms with Crippen LogP contribution in [0.4, 0.5) is 5.82 Å². The predicted octanol–water partition coefficient (Wildman–Crippen LogP) is 0.316. The van der Waals surface area contributed by atoms with Crippen LogP contribution in [0.25, 0.3) is 0 Å². The predicted molar refractivity (Wildman–Crippen MR) is 95.5 cm³/mol. The highest BCUT2D eigenvalue weighted by Gasteiger charge is 2.45. The first kappa shape index (κ1) is 18.6. The molecule has 5 atom stereocenters. The molecule has 10 nitrogen and oxygen atoms in total. The SMILES string of the molecule is N#CC[C@H]1O[C@@H](n2cnc3c2N=C(Cl)N(N2CCCCC2)C3N)C(O)C1O. The summed E-state index contributed by atoms with van der Waals surface area (Å²) >= 11 is 6.44. The zero-order valence-corrected chi connectivity index (χ0v) is 15.4. The van der Waals surface area contributed by atoms with Gasteiger partial charge in [-0.25, -0.2) is 9.99 Å². The van der Waals surface area contributed by atoms with Crippen LogP contribution in [0.1, 0.15) is 43.8 Å². The maximum absolute atomic E-state index is 10.4. The van der Waals surface area contributed by atoms with Gasteiger partial charge < -0.3 is 20.7 Å². The van der Waals surface area contributed by atoms with Crippen molar-refractivity contribution in [2.24, 2.45) is 10.7 Å². The van der Waals surface area contributed by atoms with Crippen LogP contribution in [0.15, 0.2) is 11.3 Å². The number of aliphatic hydroxyl groups excluding tert-OH is 2. The molecule has 11 heteroatoms. The van der Waals surface area contributed by atoms with Crippen molar-refractivity contribution in [2.45, 2.75) is 56.4 Å². The molecule has 2 fully saturated rings. The summed E-state index contributed by atoms with van der Waals surface area (Å²) in [6.45, 7) is 1.70. The maximum Gasteiger partial charge on any atom is 0.217 e. The topological polar surface area (TPSA) is 136 Å². The Hall–Kier alpha value is -1.74. The number of piperidine rings is 1. The Balaban J connectivity index is 1.63. The third-order valence-corrected chi connectivity index (χ3v) is 5.52. The average Bonchev–Trinajstić information content (AvgIpc) is 3.19. The smallest absolute Gasteiger partial charge is 0.217 e. The number of hydrogen-bond acceptors (Lipinski definition) is 9. The Morgan fingerprint density at radius 3 is 2.74 bits per heavy atom. The van der Waals surface area contributed by atoms with Crippen LogP contribution in [-0.4, -0.2) is 66.5 Å². The fraction of sp³-hybridized carbons (Fsp3) is 0.688. The highest BCUT2D eigenvalue weighted by atomic mass is 35.5. The number of nitriles is 1. The summed E-state index contributed by atoms with van der Waals surface area (Å²) in [6.07, 6.45) is 0.0435. The monoisotopic (exact) mass is 395 g/mol. The van der Waals surface area contributed by atoms with Crippen molar-refractivity contribution in [1.82, 2.24) is 19.6 Å². The fourth-order valence-electron chi connectivity index (χ4n) is 3.85. The lowest BCUT2D eigenvalue weighted by Gasteiger charge is -2.42. The van der Waals surface area contributed by atoms with Crippen LogP contribution in [-0.2, 0) is 4.74 Å². The minimum atomic E-state index is -1.22. The van der Waals surface area contributed by atoms with Gasteiger partial charge in [0, 0.05) is 13.1 Å². The van der Waals surface area contributed by atoms with Gasteiger partial charge >= 0.3 is 0 Å². The molecule has 0 spiro atoms. The summed E-state index contributed by atoms with van der Waals surface area (Å²) in [5.74, 6) is 0.384. The molecule has 3 unspecified atom stereocenters. The van der Waals surface area contributed by atoms with E-state index in [1.807, 2.05) is 6.07 Å². The molecule has 0 radical (unpaired) electrons. The number of aromatic nitrogens is 2. The van der Waals surface area contributed by atoms with E-state index in [0.29, 0.717) is 11.5 Å². The Bertz CT molecular complexity index is 773. The minimum absolute atomic E-state index is 0.0299. The number of nitrogens with zero attached hydrogens (tertiary/aromatic N) is 6. The number of rotatable bonds is 3. The van der Waals surface area contributed by atoms with Gasteiger partial charge in [0.25, 0.3) is 0 Å². The van der Waals surface area contributed by atoms with Crippen molar-refractivity contribution < 1.29 is 14.9 Å². The van der Waals surface area contributed by atoms with Crippen molar-refractivity contribution in [2.75, 3.05) is 13.1 Å².